The van der Waals surface area contributed by atoms with Gasteiger partial charge in [0, 0.05) is 0 Å². The van der Waals surface area contributed by atoms with Gasteiger partial charge in [0.25, 0.3) is 6.43 Å². The van der Waals surface area contributed by atoms with Gasteiger partial charge in [0.15, 0.2) is 0 Å². The number of halogens is 3. The highest BCUT2D eigenvalue weighted by Gasteiger charge is 2.19. The second-order valence-corrected chi connectivity index (χ2v) is 2.13. The molecule has 1 heterocycles. The molecule has 0 saturated carbocycles. The van der Waals surface area contributed by atoms with Crippen molar-refractivity contribution in [2.45, 2.75) is 6.43 Å². The molecule has 0 unspecified atom stereocenters. The second kappa shape index (κ2) is 3.38. The molecule has 0 aromatic carbocycles. The van der Waals surface area contributed by atoms with Gasteiger partial charge >= 0.3 is 5.82 Å². The summed E-state index contributed by atoms with van der Waals surface area (Å²) in [5.41, 5.74) is -0.678. The average molecular weight is 192 g/mol. The highest BCUT2D eigenvalue weighted by Crippen LogP contribution is 2.21. The van der Waals surface area contributed by atoms with Gasteiger partial charge in [-0.3, -0.25) is 0 Å². The summed E-state index contributed by atoms with van der Waals surface area (Å²) in [4.78, 5) is 11.9. The molecule has 0 atom stereocenters. The number of alkyl halides is 2. The lowest BCUT2D eigenvalue weighted by Gasteiger charge is -1.97. The molecule has 0 radical (unpaired) electrons. The Morgan fingerprint density at radius 2 is 2.15 bits per heavy atom. The first-order chi connectivity index (χ1) is 6.02. The summed E-state index contributed by atoms with van der Waals surface area (Å²) in [6.45, 7) is 0. The van der Waals surface area contributed by atoms with Crippen molar-refractivity contribution in [2.24, 2.45) is 0 Å². The molecule has 0 spiro atoms. The largest absolute Gasteiger partial charge is 0.399 e. The van der Waals surface area contributed by atoms with Gasteiger partial charge in [0.1, 0.15) is 6.20 Å². The topological polar surface area (TPSA) is 56.0 Å². The molecule has 0 N–H and O–H groups in total. The van der Waals surface area contributed by atoms with Crippen LogP contribution in [0.3, 0.4) is 0 Å². The Bertz CT molecular complexity index is 343. The van der Waals surface area contributed by atoms with Crippen LogP contribution in [0.2, 0.25) is 0 Å². The Balaban J connectivity index is 3.13. The van der Waals surface area contributed by atoms with Crippen LogP contribution in [0.25, 0.3) is 0 Å². The molecule has 1 aromatic heterocycles. The van der Waals surface area contributed by atoms with Crippen LogP contribution in [-0.2, 0) is 0 Å². The van der Waals surface area contributed by atoms with Crippen molar-refractivity contribution < 1.29 is 18.1 Å². The van der Waals surface area contributed by atoms with Gasteiger partial charge in [-0.25, -0.2) is 8.78 Å². The van der Waals surface area contributed by atoms with Gasteiger partial charge in [-0.1, -0.05) is 0 Å². The lowest BCUT2D eigenvalue weighted by atomic mass is 10.3. The van der Waals surface area contributed by atoms with Crippen LogP contribution in [0.1, 0.15) is 12.0 Å². The molecule has 0 aliphatic rings. The van der Waals surface area contributed by atoms with Gasteiger partial charge in [0.2, 0.25) is 5.82 Å². The molecule has 70 valence electrons. The quantitative estimate of drug-likeness (QED) is 0.532. The average Bonchev–Trinajstić information content (AvgIpc) is 2.03. The van der Waals surface area contributed by atoms with Crippen molar-refractivity contribution in [1.29, 1.82) is 0 Å². The van der Waals surface area contributed by atoms with Gasteiger partial charge in [0.05, 0.1) is 5.56 Å². The fourth-order valence-corrected chi connectivity index (χ4v) is 0.699. The fourth-order valence-electron chi connectivity index (χ4n) is 0.699. The third-order valence-corrected chi connectivity index (χ3v) is 1.27. The zero-order chi connectivity index (χ0) is 10.0. The molecule has 7 heteroatoms. The maximum atomic E-state index is 12.6. The molecule has 0 fully saturated rings. The minimum atomic E-state index is -2.89. The Kier molecular flexibility index (Phi) is 2.45. The van der Waals surface area contributed by atoms with Crippen molar-refractivity contribution in [1.82, 2.24) is 4.98 Å². The van der Waals surface area contributed by atoms with Crippen LogP contribution >= 0.6 is 0 Å². The van der Waals surface area contributed by atoms with Crippen LogP contribution in [0, 0.1) is 15.9 Å². The van der Waals surface area contributed by atoms with E-state index in [1.54, 1.807) is 0 Å². The number of hydrogen-bond donors (Lipinski definition) is 0. The summed E-state index contributed by atoms with van der Waals surface area (Å²) >= 11 is 0. The van der Waals surface area contributed by atoms with Gasteiger partial charge in [-0.15, -0.1) is 0 Å². The van der Waals surface area contributed by atoms with Gasteiger partial charge in [-0.2, -0.15) is 4.39 Å². The van der Waals surface area contributed by atoms with Crippen LogP contribution in [-0.4, -0.2) is 9.91 Å². The first-order valence-corrected chi connectivity index (χ1v) is 3.10. The summed E-state index contributed by atoms with van der Waals surface area (Å²) in [6.07, 6.45) is -2.31. The summed E-state index contributed by atoms with van der Waals surface area (Å²) < 4.78 is 36.4. The SMILES string of the molecule is O=[N+]([O-])c1ncc(C(F)F)cc1F. The third kappa shape index (κ3) is 1.92. The zero-order valence-electron chi connectivity index (χ0n) is 6.08. The van der Waals surface area contributed by atoms with Crippen LogP contribution in [0.5, 0.6) is 0 Å². The first kappa shape index (κ1) is 9.43. The van der Waals surface area contributed by atoms with E-state index in [4.69, 9.17) is 0 Å². The highest BCUT2D eigenvalue weighted by atomic mass is 19.3. The van der Waals surface area contributed by atoms with E-state index >= 15 is 0 Å². The van der Waals surface area contributed by atoms with E-state index in [9.17, 15) is 23.3 Å². The Hall–Kier alpha value is -1.66. The molecule has 1 aromatic rings. The first-order valence-electron chi connectivity index (χ1n) is 3.10. The van der Waals surface area contributed by atoms with Gasteiger partial charge < -0.3 is 10.1 Å². The van der Waals surface area contributed by atoms with E-state index in [1.807, 2.05) is 0 Å². The Morgan fingerprint density at radius 1 is 1.54 bits per heavy atom. The van der Waals surface area contributed by atoms with Crippen LogP contribution in [0.15, 0.2) is 12.3 Å². The number of nitrogens with zero attached hydrogens (tertiary/aromatic N) is 2. The molecule has 13 heavy (non-hydrogen) atoms. The van der Waals surface area contributed by atoms with E-state index in [0.717, 1.165) is 0 Å². The Labute approximate surface area is 70.2 Å². The summed E-state index contributed by atoms with van der Waals surface area (Å²) in [7, 11) is 0. The smallest absolute Gasteiger partial charge is 0.358 e. The molecule has 0 aliphatic heterocycles. The Morgan fingerprint density at radius 3 is 2.54 bits per heavy atom. The van der Waals surface area contributed by atoms with E-state index < -0.39 is 28.5 Å². The van der Waals surface area contributed by atoms with Crippen LogP contribution in [0.4, 0.5) is 19.0 Å². The molecule has 0 amide bonds. The minimum absolute atomic E-state index is 0.399. The predicted molar refractivity (Wildman–Crippen MR) is 35.8 cm³/mol. The highest BCUT2D eigenvalue weighted by molar-refractivity contribution is 5.25. The maximum absolute atomic E-state index is 12.6. The molecule has 1 rings (SSSR count). The molecular weight excluding hydrogens is 189 g/mol. The summed E-state index contributed by atoms with van der Waals surface area (Å²) in [5, 5.41) is 10.0. The third-order valence-electron chi connectivity index (χ3n) is 1.27. The van der Waals surface area contributed by atoms with E-state index in [-0.39, 0.29) is 0 Å². The van der Waals surface area contributed by atoms with Crippen molar-refractivity contribution >= 4 is 5.82 Å². The maximum Gasteiger partial charge on any atom is 0.399 e. The van der Waals surface area contributed by atoms with E-state index in [1.165, 1.54) is 0 Å². The monoisotopic (exact) mass is 192 g/mol. The second-order valence-electron chi connectivity index (χ2n) is 2.13. The van der Waals surface area contributed by atoms with Crippen molar-refractivity contribution in [3.05, 3.63) is 33.8 Å². The summed E-state index contributed by atoms with van der Waals surface area (Å²) in [6, 6.07) is 0.399. The minimum Gasteiger partial charge on any atom is -0.358 e. The fraction of sp³-hybridized carbons (Fsp3) is 0.167. The van der Waals surface area contributed by atoms with Crippen molar-refractivity contribution in [3.63, 3.8) is 0 Å². The number of rotatable bonds is 2. The summed E-state index contributed by atoms with van der Waals surface area (Å²) in [5.74, 6) is -2.41. The molecule has 0 aliphatic carbocycles. The molecular formula is C6H3F3N2O2. The number of hydrogen-bond acceptors (Lipinski definition) is 3. The molecule has 0 bridgehead atoms. The number of pyridine rings is 1. The molecule has 0 saturated heterocycles. The van der Waals surface area contributed by atoms with E-state index in [0.29, 0.717) is 12.3 Å². The number of nitro groups is 1. The predicted octanol–water partition coefficient (Wildman–Crippen LogP) is 2.07. The zero-order valence-corrected chi connectivity index (χ0v) is 6.08. The lowest BCUT2D eigenvalue weighted by Crippen LogP contribution is -1.98. The normalized spacial score (nSPS) is 10.5. The molecule has 4 nitrogen and oxygen atoms in total. The van der Waals surface area contributed by atoms with Crippen molar-refractivity contribution in [2.75, 3.05) is 0 Å². The standard InChI is InChI=1S/C6H3F3N2O2/c7-4-1-3(5(8)9)2-10-6(4)11(12)13/h1-2,5H. The van der Waals surface area contributed by atoms with E-state index in [2.05, 4.69) is 4.98 Å². The number of aromatic nitrogens is 1. The lowest BCUT2D eigenvalue weighted by molar-refractivity contribution is -0.392. The van der Waals surface area contributed by atoms with Crippen LogP contribution < -0.4 is 0 Å². The van der Waals surface area contributed by atoms with Gasteiger partial charge in [-0.05, 0) is 16.0 Å². The van der Waals surface area contributed by atoms with Crippen molar-refractivity contribution in [3.8, 4) is 0 Å².